The Morgan fingerprint density at radius 1 is 1.18 bits per heavy atom. The fourth-order valence-corrected chi connectivity index (χ4v) is 1.83. The third-order valence-electron chi connectivity index (χ3n) is 2.71. The molecule has 2 aromatic rings. The number of hydrogen-bond acceptors (Lipinski definition) is 2. The Balaban J connectivity index is 2.30. The quantitative estimate of drug-likeness (QED) is 0.749. The van der Waals surface area contributed by atoms with Crippen LogP contribution in [0.15, 0.2) is 42.6 Å². The minimum absolute atomic E-state index is 0.397. The van der Waals surface area contributed by atoms with Gasteiger partial charge in [0, 0.05) is 12.7 Å². The first-order valence-electron chi connectivity index (χ1n) is 5.39. The van der Waals surface area contributed by atoms with Gasteiger partial charge in [-0.05, 0) is 23.3 Å². The van der Waals surface area contributed by atoms with Gasteiger partial charge in [0.15, 0.2) is 6.29 Å². The van der Waals surface area contributed by atoms with Crippen molar-refractivity contribution in [3.63, 3.8) is 0 Å². The summed E-state index contributed by atoms with van der Waals surface area (Å²) in [6, 6.07) is 13.6. The Kier molecular flexibility index (Phi) is 3.37. The van der Waals surface area contributed by atoms with Gasteiger partial charge in [0.25, 0.3) is 0 Å². The molecular formula is C14H12N2O. The van der Waals surface area contributed by atoms with Gasteiger partial charge in [0.2, 0.25) is 0 Å². The maximum atomic E-state index is 10.8. The fourth-order valence-electron chi connectivity index (χ4n) is 1.83. The molecule has 0 aliphatic rings. The molecule has 0 atom stereocenters. The first-order chi connectivity index (χ1) is 8.35. The molecule has 3 nitrogen and oxygen atoms in total. The van der Waals surface area contributed by atoms with Crippen LogP contribution in [0.5, 0.6) is 0 Å². The van der Waals surface area contributed by atoms with Crippen LogP contribution in [-0.4, -0.2) is 10.9 Å². The van der Waals surface area contributed by atoms with E-state index in [1.54, 1.807) is 6.07 Å². The smallest absolute Gasteiger partial charge is 0.166 e. The Hall–Kier alpha value is -2.34. The number of carbonyl (C=O) groups is 1. The molecule has 0 aliphatic heterocycles. The second kappa shape index (κ2) is 5.13. The summed E-state index contributed by atoms with van der Waals surface area (Å²) in [5, 5.41) is 8.76. The average molecular weight is 224 g/mol. The van der Waals surface area contributed by atoms with Gasteiger partial charge in [-0.2, -0.15) is 5.26 Å². The van der Waals surface area contributed by atoms with E-state index >= 15 is 0 Å². The predicted octanol–water partition coefficient (Wildman–Crippen LogP) is 2.41. The molecule has 1 aromatic carbocycles. The lowest BCUT2D eigenvalue weighted by Gasteiger charge is -2.09. The van der Waals surface area contributed by atoms with E-state index in [1.807, 2.05) is 41.1 Å². The van der Waals surface area contributed by atoms with Crippen molar-refractivity contribution < 1.29 is 4.79 Å². The molecule has 0 spiro atoms. The van der Waals surface area contributed by atoms with Crippen LogP contribution in [0.2, 0.25) is 0 Å². The van der Waals surface area contributed by atoms with Gasteiger partial charge in [0.05, 0.1) is 18.2 Å². The number of hydrogen-bond donors (Lipinski definition) is 0. The zero-order valence-corrected chi connectivity index (χ0v) is 9.34. The molecule has 0 amide bonds. The van der Waals surface area contributed by atoms with Crippen LogP contribution in [0, 0.1) is 11.3 Å². The van der Waals surface area contributed by atoms with Crippen molar-refractivity contribution in [3.05, 3.63) is 59.4 Å². The Bertz CT molecular complexity index is 564. The lowest BCUT2D eigenvalue weighted by molar-refractivity contribution is 0.111. The highest BCUT2D eigenvalue weighted by Gasteiger charge is 2.04. The number of aromatic nitrogens is 1. The third-order valence-corrected chi connectivity index (χ3v) is 2.71. The van der Waals surface area contributed by atoms with Crippen LogP contribution in [0.25, 0.3) is 0 Å². The van der Waals surface area contributed by atoms with Crippen molar-refractivity contribution in [3.8, 4) is 6.07 Å². The molecule has 1 heterocycles. The summed E-state index contributed by atoms with van der Waals surface area (Å²) in [6.07, 6.45) is 3.10. The molecule has 0 radical (unpaired) electrons. The maximum absolute atomic E-state index is 10.8. The van der Waals surface area contributed by atoms with Gasteiger partial charge in [0.1, 0.15) is 0 Å². The number of nitrogens with zero attached hydrogens (tertiary/aromatic N) is 2. The molecule has 0 saturated heterocycles. The zero-order chi connectivity index (χ0) is 12.1. The number of nitriles is 1. The maximum Gasteiger partial charge on any atom is 0.166 e. The van der Waals surface area contributed by atoms with E-state index in [0.717, 1.165) is 17.4 Å². The van der Waals surface area contributed by atoms with Crippen LogP contribution < -0.4 is 0 Å². The van der Waals surface area contributed by atoms with Crippen LogP contribution in [0.4, 0.5) is 0 Å². The van der Waals surface area contributed by atoms with E-state index in [0.29, 0.717) is 18.7 Å². The molecule has 0 aliphatic carbocycles. The summed E-state index contributed by atoms with van der Waals surface area (Å²) in [7, 11) is 0. The second-order valence-electron chi connectivity index (χ2n) is 3.78. The number of rotatable bonds is 4. The first kappa shape index (κ1) is 11.2. The van der Waals surface area contributed by atoms with Crippen LogP contribution >= 0.6 is 0 Å². The van der Waals surface area contributed by atoms with E-state index in [4.69, 9.17) is 5.26 Å². The summed E-state index contributed by atoms with van der Waals surface area (Å²) in [6.45, 7) is 0.624. The van der Waals surface area contributed by atoms with Crippen molar-refractivity contribution in [1.82, 2.24) is 4.57 Å². The number of aldehydes is 1. The fraction of sp³-hybridized carbons (Fsp3) is 0.143. The number of carbonyl (C=O) groups excluding carboxylic acids is 1. The normalized spacial score (nSPS) is 9.82. The van der Waals surface area contributed by atoms with Crippen LogP contribution in [-0.2, 0) is 13.0 Å². The molecule has 0 unspecified atom stereocenters. The van der Waals surface area contributed by atoms with Crippen molar-refractivity contribution in [2.45, 2.75) is 13.0 Å². The Labute approximate surface area is 99.9 Å². The highest BCUT2D eigenvalue weighted by molar-refractivity contribution is 5.72. The van der Waals surface area contributed by atoms with Gasteiger partial charge in [-0.15, -0.1) is 0 Å². The van der Waals surface area contributed by atoms with Crippen molar-refractivity contribution >= 4 is 6.29 Å². The van der Waals surface area contributed by atoms with E-state index in [-0.39, 0.29) is 0 Å². The minimum atomic E-state index is 0.397. The highest BCUT2D eigenvalue weighted by Crippen LogP contribution is 2.12. The molecule has 0 bridgehead atoms. The topological polar surface area (TPSA) is 45.8 Å². The van der Waals surface area contributed by atoms with Gasteiger partial charge in [-0.25, -0.2) is 0 Å². The molecule has 17 heavy (non-hydrogen) atoms. The van der Waals surface area contributed by atoms with Crippen LogP contribution in [0.1, 0.15) is 21.6 Å². The monoisotopic (exact) mass is 224 g/mol. The average Bonchev–Trinajstić information content (AvgIpc) is 2.79. The lowest BCUT2D eigenvalue weighted by Crippen LogP contribution is -2.04. The predicted molar refractivity (Wildman–Crippen MR) is 64.7 cm³/mol. The third kappa shape index (κ3) is 2.43. The lowest BCUT2D eigenvalue weighted by atomic mass is 10.1. The van der Waals surface area contributed by atoms with Gasteiger partial charge < -0.3 is 4.57 Å². The van der Waals surface area contributed by atoms with Gasteiger partial charge in [-0.3, -0.25) is 4.79 Å². The Morgan fingerprint density at radius 2 is 1.94 bits per heavy atom. The SMILES string of the molecule is N#CCc1ccccc1Cn1cccc1C=O. The Morgan fingerprint density at radius 3 is 2.65 bits per heavy atom. The summed E-state index contributed by atoms with van der Waals surface area (Å²) < 4.78 is 1.88. The van der Waals surface area contributed by atoms with Crippen molar-refractivity contribution in [2.75, 3.05) is 0 Å². The summed E-state index contributed by atoms with van der Waals surface area (Å²) in [5.41, 5.74) is 2.74. The van der Waals surface area contributed by atoms with Crippen molar-refractivity contribution in [1.29, 1.82) is 5.26 Å². The summed E-state index contributed by atoms with van der Waals surface area (Å²) >= 11 is 0. The van der Waals surface area contributed by atoms with E-state index in [1.165, 1.54) is 0 Å². The second-order valence-corrected chi connectivity index (χ2v) is 3.78. The van der Waals surface area contributed by atoms with Gasteiger partial charge in [-0.1, -0.05) is 24.3 Å². The molecule has 0 saturated carbocycles. The molecule has 1 aromatic heterocycles. The van der Waals surface area contributed by atoms with E-state index in [9.17, 15) is 4.79 Å². The molecule has 2 rings (SSSR count). The standard InChI is InChI=1S/C14H12N2O/c15-8-7-12-4-1-2-5-13(12)10-16-9-3-6-14(16)11-17/h1-6,9,11H,7,10H2. The van der Waals surface area contributed by atoms with E-state index in [2.05, 4.69) is 6.07 Å². The van der Waals surface area contributed by atoms with Crippen LogP contribution in [0.3, 0.4) is 0 Å². The minimum Gasteiger partial charge on any atom is -0.341 e. The van der Waals surface area contributed by atoms with E-state index < -0.39 is 0 Å². The highest BCUT2D eigenvalue weighted by atomic mass is 16.1. The summed E-state index contributed by atoms with van der Waals surface area (Å²) in [4.78, 5) is 10.8. The largest absolute Gasteiger partial charge is 0.341 e. The molecule has 3 heteroatoms. The molecule has 84 valence electrons. The molecule has 0 N–H and O–H groups in total. The molecular weight excluding hydrogens is 212 g/mol. The van der Waals surface area contributed by atoms with Crippen molar-refractivity contribution in [2.24, 2.45) is 0 Å². The number of benzene rings is 1. The first-order valence-corrected chi connectivity index (χ1v) is 5.39. The van der Waals surface area contributed by atoms with Gasteiger partial charge >= 0.3 is 0 Å². The molecule has 0 fully saturated rings. The zero-order valence-electron chi connectivity index (χ0n) is 9.34. The summed E-state index contributed by atoms with van der Waals surface area (Å²) in [5.74, 6) is 0.